The molecule has 5 N–H and O–H groups in total. The molecule has 0 aliphatic rings. The Balaban J connectivity index is 4.78. The third-order valence-corrected chi connectivity index (χ3v) is 3.41. The zero-order chi connectivity index (χ0) is 13.5. The molecule has 0 aromatic carbocycles. The lowest BCUT2D eigenvalue weighted by molar-refractivity contribution is -0.148. The normalized spacial score (nSPS) is 16.4. The molecule has 0 spiro atoms. The topological polar surface area (TPSA) is 138 Å². The van der Waals surface area contributed by atoms with Crippen LogP contribution in [-0.2, 0) is 14.2 Å². The van der Waals surface area contributed by atoms with Crippen molar-refractivity contribution in [3.05, 3.63) is 0 Å². The molecule has 0 aromatic heterocycles. The summed E-state index contributed by atoms with van der Waals surface area (Å²) in [5, 5.41) is 25.5. The molecule has 8 heteroatoms. The summed E-state index contributed by atoms with van der Waals surface area (Å²) in [6.45, 7) is 0.234. The minimum Gasteiger partial charge on any atom is -0.481 e. The predicted molar refractivity (Wildman–Crippen MR) is 60.2 cm³/mol. The molecule has 17 heavy (non-hydrogen) atoms. The minimum atomic E-state index is -1.90. The van der Waals surface area contributed by atoms with E-state index in [1.165, 1.54) is 0 Å². The van der Waals surface area contributed by atoms with Crippen LogP contribution in [0.4, 0.5) is 0 Å². The molecule has 0 fully saturated rings. The van der Waals surface area contributed by atoms with Gasteiger partial charge >= 0.3 is 20.4 Å². The highest BCUT2D eigenvalue weighted by molar-refractivity contribution is 7.25. The number of aliphatic carboxylic acids is 2. The van der Waals surface area contributed by atoms with Crippen LogP contribution in [0.5, 0.6) is 0 Å². The monoisotopic (exact) mass is 266 g/mol. The van der Waals surface area contributed by atoms with E-state index in [2.05, 4.69) is 0 Å². The van der Waals surface area contributed by atoms with Gasteiger partial charge in [-0.15, -0.1) is 0 Å². The fourth-order valence-electron chi connectivity index (χ4n) is 1.50. The zero-order valence-electron chi connectivity index (χ0n) is 9.26. The number of nitrogens with two attached hydrogens (primary N) is 1. The molecule has 3 atom stereocenters. The van der Waals surface area contributed by atoms with Gasteiger partial charge in [-0.05, 0) is 19.4 Å². The van der Waals surface area contributed by atoms with Crippen molar-refractivity contribution in [1.29, 1.82) is 0 Å². The van der Waals surface area contributed by atoms with Crippen LogP contribution in [0.15, 0.2) is 0 Å². The number of carboxylic acid groups (broad SMARTS) is 2. The summed E-state index contributed by atoms with van der Waals surface area (Å²) in [5.41, 5.74) is 5.24. The standard InChI is InChI=1S/C9H16NO6P/c10-5-1-4-9(15,17-16)6(8(13)14)2-3-7(11)12/h6,15H,1-5,10H2,(H,11,12)(H,13,14)/p+1. The van der Waals surface area contributed by atoms with Gasteiger partial charge in [0.25, 0.3) is 5.34 Å². The number of hydrogen-bond acceptors (Lipinski definition) is 5. The molecule has 0 amide bonds. The summed E-state index contributed by atoms with van der Waals surface area (Å²) >= 11 is 0. The van der Waals surface area contributed by atoms with Gasteiger partial charge in [0.05, 0.1) is 0 Å². The van der Waals surface area contributed by atoms with Crippen LogP contribution in [0.2, 0.25) is 0 Å². The molecule has 0 aromatic rings. The second-order valence-corrected chi connectivity index (χ2v) is 4.81. The lowest BCUT2D eigenvalue weighted by atomic mass is 9.93. The molecule has 0 rings (SSSR count). The third kappa shape index (κ3) is 5.21. The summed E-state index contributed by atoms with van der Waals surface area (Å²) in [6.07, 6.45) is -0.363. The van der Waals surface area contributed by atoms with E-state index in [4.69, 9.17) is 15.9 Å². The summed E-state index contributed by atoms with van der Waals surface area (Å²) in [4.78, 5) is 21.3. The molecule has 3 unspecified atom stereocenters. The van der Waals surface area contributed by atoms with Crippen molar-refractivity contribution in [2.45, 2.75) is 31.0 Å². The molecule has 0 saturated carbocycles. The van der Waals surface area contributed by atoms with Crippen LogP contribution in [0.3, 0.4) is 0 Å². The van der Waals surface area contributed by atoms with Gasteiger partial charge in [-0.2, -0.15) is 0 Å². The fraction of sp³-hybridized carbons (Fsp3) is 0.778. The van der Waals surface area contributed by atoms with Crippen LogP contribution in [0.1, 0.15) is 25.7 Å². The van der Waals surface area contributed by atoms with E-state index in [1.807, 2.05) is 0 Å². The third-order valence-electron chi connectivity index (χ3n) is 2.46. The Labute approximate surface area is 99.8 Å². The molecular weight excluding hydrogens is 249 g/mol. The Morgan fingerprint density at radius 1 is 1.35 bits per heavy atom. The largest absolute Gasteiger partial charge is 0.481 e. The number of carboxylic acids is 2. The van der Waals surface area contributed by atoms with Crippen molar-refractivity contribution in [2.24, 2.45) is 11.7 Å². The molecule has 0 aliphatic heterocycles. The van der Waals surface area contributed by atoms with Gasteiger partial charge in [-0.25, -0.2) is 0 Å². The Hall–Kier alpha value is -1.04. The van der Waals surface area contributed by atoms with E-state index < -0.39 is 38.1 Å². The number of aliphatic hydroxyl groups is 1. The van der Waals surface area contributed by atoms with Gasteiger partial charge < -0.3 is 21.1 Å². The van der Waals surface area contributed by atoms with Gasteiger partial charge in [0.1, 0.15) is 5.92 Å². The van der Waals surface area contributed by atoms with Crippen molar-refractivity contribution < 1.29 is 29.5 Å². The van der Waals surface area contributed by atoms with E-state index in [0.717, 1.165) is 0 Å². The first-order chi connectivity index (χ1) is 7.87. The SMILES string of the molecule is NCCCC(O)([PH+]=O)C(CCC(=O)O)C(=O)O. The van der Waals surface area contributed by atoms with E-state index in [-0.39, 0.29) is 19.4 Å². The zero-order valence-corrected chi connectivity index (χ0v) is 10.3. The quantitative estimate of drug-likeness (QED) is 0.431. The highest BCUT2D eigenvalue weighted by Gasteiger charge is 2.48. The fourth-order valence-corrected chi connectivity index (χ4v) is 2.19. The second kappa shape index (κ2) is 7.32. The van der Waals surface area contributed by atoms with Crippen LogP contribution in [0, 0.1) is 5.92 Å². The van der Waals surface area contributed by atoms with E-state index >= 15 is 0 Å². The van der Waals surface area contributed by atoms with Crippen molar-refractivity contribution in [3.8, 4) is 0 Å². The number of rotatable bonds is 9. The van der Waals surface area contributed by atoms with Crippen LogP contribution in [-0.4, -0.2) is 39.1 Å². The van der Waals surface area contributed by atoms with Crippen molar-refractivity contribution >= 4 is 20.4 Å². The average Bonchev–Trinajstić information content (AvgIpc) is 2.25. The van der Waals surface area contributed by atoms with Crippen LogP contribution < -0.4 is 5.73 Å². The first kappa shape index (κ1) is 16.0. The van der Waals surface area contributed by atoms with Gasteiger partial charge in [0, 0.05) is 12.8 Å². The van der Waals surface area contributed by atoms with Gasteiger partial charge in [0.15, 0.2) is 0 Å². The lowest BCUT2D eigenvalue weighted by Gasteiger charge is -2.21. The van der Waals surface area contributed by atoms with Crippen LogP contribution in [0.25, 0.3) is 0 Å². The molecular formula is C9H17NO6P+. The van der Waals surface area contributed by atoms with Crippen molar-refractivity contribution in [1.82, 2.24) is 0 Å². The Bertz CT molecular complexity index is 297. The maximum atomic E-state index is 11.0. The highest BCUT2D eigenvalue weighted by Crippen LogP contribution is 2.36. The Kier molecular flexibility index (Phi) is 6.87. The summed E-state index contributed by atoms with van der Waals surface area (Å²) < 4.78 is 11.0. The summed E-state index contributed by atoms with van der Waals surface area (Å²) in [6, 6.07) is 0. The van der Waals surface area contributed by atoms with Gasteiger partial charge in [-0.3, -0.25) is 9.59 Å². The first-order valence-electron chi connectivity index (χ1n) is 5.13. The van der Waals surface area contributed by atoms with E-state index in [1.54, 1.807) is 0 Å². The maximum Gasteiger partial charge on any atom is 0.360 e. The number of hydrogen-bond donors (Lipinski definition) is 4. The summed E-state index contributed by atoms with van der Waals surface area (Å²) in [7, 11) is -1.24. The molecule has 7 nitrogen and oxygen atoms in total. The molecule has 0 radical (unpaired) electrons. The maximum absolute atomic E-state index is 11.0. The van der Waals surface area contributed by atoms with Crippen molar-refractivity contribution in [3.63, 3.8) is 0 Å². The van der Waals surface area contributed by atoms with Gasteiger partial charge in [0.2, 0.25) is 0 Å². The molecule has 0 heterocycles. The predicted octanol–water partition coefficient (Wildman–Crippen LogP) is 0.00350. The number of carbonyl (C=O) groups is 2. The highest BCUT2D eigenvalue weighted by atomic mass is 31.1. The molecule has 0 aliphatic carbocycles. The van der Waals surface area contributed by atoms with E-state index in [0.29, 0.717) is 6.42 Å². The van der Waals surface area contributed by atoms with Gasteiger partial charge in [-0.1, -0.05) is 4.57 Å². The van der Waals surface area contributed by atoms with E-state index in [9.17, 15) is 19.3 Å². The Morgan fingerprint density at radius 3 is 2.29 bits per heavy atom. The molecule has 0 saturated heterocycles. The second-order valence-electron chi connectivity index (χ2n) is 3.74. The molecule has 0 bridgehead atoms. The lowest BCUT2D eigenvalue weighted by Crippen LogP contribution is -2.38. The van der Waals surface area contributed by atoms with Crippen LogP contribution >= 0.6 is 8.46 Å². The Morgan fingerprint density at radius 2 is 1.94 bits per heavy atom. The smallest absolute Gasteiger partial charge is 0.360 e. The molecule has 98 valence electrons. The first-order valence-corrected chi connectivity index (χ1v) is 6.04. The minimum absolute atomic E-state index is 0.0258. The van der Waals surface area contributed by atoms with Crippen molar-refractivity contribution in [2.75, 3.05) is 6.54 Å². The summed E-state index contributed by atoms with van der Waals surface area (Å²) in [5.74, 6) is -3.87. The average molecular weight is 266 g/mol.